The van der Waals surface area contributed by atoms with Gasteiger partial charge in [0, 0.05) is 11.5 Å². The van der Waals surface area contributed by atoms with E-state index >= 15 is 0 Å². The van der Waals surface area contributed by atoms with E-state index in [2.05, 4.69) is 13.8 Å². The maximum absolute atomic E-state index is 12.4. The van der Waals surface area contributed by atoms with Gasteiger partial charge in [-0.05, 0) is 19.3 Å². The lowest BCUT2D eigenvalue weighted by atomic mass is 9.82. The highest BCUT2D eigenvalue weighted by molar-refractivity contribution is 5.98. The SMILES string of the molecule is CC[C@@H](O)[C@@H](C)C1=C(C)C(=O)[C@H](C)[C@@H]([C@@H](C)CC)O1. The Bertz CT molecular complexity index is 359. The summed E-state index contributed by atoms with van der Waals surface area (Å²) in [7, 11) is 0. The van der Waals surface area contributed by atoms with Gasteiger partial charge < -0.3 is 9.84 Å². The molecule has 1 aliphatic rings. The monoisotopic (exact) mass is 268 g/mol. The van der Waals surface area contributed by atoms with Gasteiger partial charge in [0.15, 0.2) is 5.78 Å². The van der Waals surface area contributed by atoms with Gasteiger partial charge in [-0.1, -0.05) is 41.0 Å². The summed E-state index contributed by atoms with van der Waals surface area (Å²) in [5.74, 6) is 0.996. The molecule has 0 unspecified atom stereocenters. The summed E-state index contributed by atoms with van der Waals surface area (Å²) in [4.78, 5) is 12.4. The van der Waals surface area contributed by atoms with Crippen LogP contribution in [0.2, 0.25) is 0 Å². The molecule has 0 fully saturated rings. The lowest BCUT2D eigenvalue weighted by molar-refractivity contribution is -0.128. The molecule has 3 heteroatoms. The molecule has 5 atom stereocenters. The molecular formula is C16H28O3. The van der Waals surface area contributed by atoms with Crippen LogP contribution in [-0.2, 0) is 9.53 Å². The van der Waals surface area contributed by atoms with Crippen LogP contribution in [0.15, 0.2) is 11.3 Å². The van der Waals surface area contributed by atoms with Gasteiger partial charge in [0.05, 0.1) is 12.0 Å². The fourth-order valence-corrected chi connectivity index (χ4v) is 2.77. The van der Waals surface area contributed by atoms with Crippen molar-refractivity contribution in [1.82, 2.24) is 0 Å². The third-order valence-corrected chi connectivity index (χ3v) is 4.52. The van der Waals surface area contributed by atoms with Crippen LogP contribution in [0.3, 0.4) is 0 Å². The average Bonchev–Trinajstić information content (AvgIpc) is 2.42. The Hall–Kier alpha value is -0.830. The summed E-state index contributed by atoms with van der Waals surface area (Å²) in [5, 5.41) is 10.0. The third kappa shape index (κ3) is 3.19. The first-order valence-corrected chi connectivity index (χ1v) is 7.44. The quantitative estimate of drug-likeness (QED) is 0.832. The number of ketones is 1. The molecule has 1 aliphatic heterocycles. The molecule has 0 aromatic rings. The fraction of sp³-hybridized carbons (Fsp3) is 0.812. The number of ether oxygens (including phenoxy) is 1. The number of hydrogen-bond donors (Lipinski definition) is 1. The molecule has 1 N–H and O–H groups in total. The van der Waals surface area contributed by atoms with E-state index in [0.29, 0.717) is 23.7 Å². The minimum absolute atomic E-state index is 0.0669. The van der Waals surface area contributed by atoms with Crippen LogP contribution in [0.4, 0.5) is 0 Å². The molecule has 0 radical (unpaired) electrons. The maximum atomic E-state index is 12.4. The van der Waals surface area contributed by atoms with Crippen molar-refractivity contribution in [2.24, 2.45) is 17.8 Å². The van der Waals surface area contributed by atoms with Crippen LogP contribution in [0.1, 0.15) is 54.4 Å². The van der Waals surface area contributed by atoms with E-state index < -0.39 is 6.10 Å². The van der Waals surface area contributed by atoms with Crippen molar-refractivity contribution in [2.45, 2.75) is 66.6 Å². The van der Waals surface area contributed by atoms with Gasteiger partial charge >= 0.3 is 0 Å². The Morgan fingerprint density at radius 1 is 1.26 bits per heavy atom. The molecule has 110 valence electrons. The number of carbonyl (C=O) groups excluding carboxylic acids is 1. The lowest BCUT2D eigenvalue weighted by Crippen LogP contribution is -2.40. The zero-order valence-corrected chi connectivity index (χ0v) is 13.1. The molecule has 0 saturated heterocycles. The molecule has 0 amide bonds. The zero-order chi connectivity index (χ0) is 14.7. The summed E-state index contributed by atoms with van der Waals surface area (Å²) >= 11 is 0. The second-order valence-corrected chi connectivity index (χ2v) is 5.87. The lowest BCUT2D eigenvalue weighted by Gasteiger charge is -2.37. The van der Waals surface area contributed by atoms with Crippen molar-refractivity contribution in [1.29, 1.82) is 0 Å². The van der Waals surface area contributed by atoms with Gasteiger partial charge in [-0.15, -0.1) is 0 Å². The van der Waals surface area contributed by atoms with E-state index in [1.807, 2.05) is 27.7 Å². The van der Waals surface area contributed by atoms with Crippen molar-refractivity contribution >= 4 is 5.78 Å². The first kappa shape index (κ1) is 16.2. The number of carbonyl (C=O) groups is 1. The minimum atomic E-state index is -0.455. The molecule has 0 aromatic heterocycles. The molecule has 0 aromatic carbocycles. The number of Topliss-reactive ketones (excluding diaryl/α,β-unsaturated/α-hetero) is 1. The van der Waals surface area contributed by atoms with Gasteiger partial charge in [0.1, 0.15) is 11.9 Å². The van der Waals surface area contributed by atoms with Gasteiger partial charge in [-0.25, -0.2) is 0 Å². The van der Waals surface area contributed by atoms with Gasteiger partial charge in [0.25, 0.3) is 0 Å². The van der Waals surface area contributed by atoms with Crippen LogP contribution < -0.4 is 0 Å². The highest BCUT2D eigenvalue weighted by Gasteiger charge is 2.38. The molecular weight excluding hydrogens is 240 g/mol. The molecule has 19 heavy (non-hydrogen) atoms. The Labute approximate surface area is 117 Å². The minimum Gasteiger partial charge on any atom is -0.493 e. The molecule has 0 saturated carbocycles. The van der Waals surface area contributed by atoms with Crippen molar-refractivity contribution in [2.75, 3.05) is 0 Å². The predicted octanol–water partition coefficient (Wildman–Crippen LogP) is 3.32. The molecule has 0 aliphatic carbocycles. The topological polar surface area (TPSA) is 46.5 Å². The predicted molar refractivity (Wildman–Crippen MR) is 76.7 cm³/mol. The summed E-state index contributed by atoms with van der Waals surface area (Å²) in [6.07, 6.45) is 1.13. The second kappa shape index (κ2) is 6.56. The van der Waals surface area contributed by atoms with Crippen LogP contribution in [0, 0.1) is 17.8 Å². The van der Waals surface area contributed by atoms with Crippen LogP contribution >= 0.6 is 0 Å². The highest BCUT2D eigenvalue weighted by atomic mass is 16.5. The first-order valence-electron chi connectivity index (χ1n) is 7.44. The summed E-state index contributed by atoms with van der Waals surface area (Å²) in [5.41, 5.74) is 0.687. The van der Waals surface area contributed by atoms with E-state index in [0.717, 1.165) is 6.42 Å². The van der Waals surface area contributed by atoms with Crippen molar-refractivity contribution in [3.8, 4) is 0 Å². The summed E-state index contributed by atoms with van der Waals surface area (Å²) in [6.45, 7) is 11.9. The Balaban J connectivity index is 3.06. The van der Waals surface area contributed by atoms with E-state index in [-0.39, 0.29) is 23.7 Å². The van der Waals surface area contributed by atoms with E-state index in [1.165, 1.54) is 0 Å². The fourth-order valence-electron chi connectivity index (χ4n) is 2.77. The standard InChI is InChI=1S/C16H28O3/c1-7-9(3)15-11(5)14(18)12(6)16(19-15)10(4)13(17)8-2/h9-11,13,15,17H,7-8H2,1-6H3/t9-,10+,11-,13+,15+/m0/s1. The van der Waals surface area contributed by atoms with Gasteiger partial charge in [-0.2, -0.15) is 0 Å². The Kier molecular flexibility index (Phi) is 5.60. The zero-order valence-electron chi connectivity index (χ0n) is 13.1. The van der Waals surface area contributed by atoms with Crippen molar-refractivity contribution in [3.05, 3.63) is 11.3 Å². The Morgan fingerprint density at radius 2 is 1.84 bits per heavy atom. The normalized spacial score (nSPS) is 28.9. The van der Waals surface area contributed by atoms with E-state index in [9.17, 15) is 9.90 Å². The highest BCUT2D eigenvalue weighted by Crippen LogP contribution is 2.35. The summed E-state index contributed by atoms with van der Waals surface area (Å²) < 4.78 is 6.12. The second-order valence-electron chi connectivity index (χ2n) is 5.87. The smallest absolute Gasteiger partial charge is 0.168 e. The first-order chi connectivity index (χ1) is 8.84. The van der Waals surface area contributed by atoms with Crippen LogP contribution in [-0.4, -0.2) is 23.1 Å². The largest absolute Gasteiger partial charge is 0.493 e. The number of aliphatic hydroxyl groups is 1. The third-order valence-electron chi connectivity index (χ3n) is 4.52. The molecule has 3 nitrogen and oxygen atoms in total. The number of rotatable bonds is 5. The number of aliphatic hydroxyl groups excluding tert-OH is 1. The summed E-state index contributed by atoms with van der Waals surface area (Å²) in [6, 6.07) is 0. The van der Waals surface area contributed by atoms with Crippen molar-refractivity contribution in [3.63, 3.8) is 0 Å². The Morgan fingerprint density at radius 3 is 2.32 bits per heavy atom. The van der Waals surface area contributed by atoms with Gasteiger partial charge in [-0.3, -0.25) is 4.79 Å². The maximum Gasteiger partial charge on any atom is 0.168 e. The van der Waals surface area contributed by atoms with Crippen molar-refractivity contribution < 1.29 is 14.6 Å². The molecule has 1 rings (SSSR count). The molecule has 1 heterocycles. The average molecular weight is 268 g/mol. The number of hydrogen-bond acceptors (Lipinski definition) is 3. The van der Waals surface area contributed by atoms with E-state index in [4.69, 9.17) is 4.74 Å². The number of allylic oxidation sites excluding steroid dienone is 1. The molecule has 0 bridgehead atoms. The van der Waals surface area contributed by atoms with E-state index in [1.54, 1.807) is 0 Å². The van der Waals surface area contributed by atoms with Gasteiger partial charge in [0.2, 0.25) is 0 Å². The van der Waals surface area contributed by atoms with Crippen LogP contribution in [0.25, 0.3) is 0 Å². The molecule has 0 spiro atoms. The van der Waals surface area contributed by atoms with Crippen LogP contribution in [0.5, 0.6) is 0 Å².